The van der Waals surface area contributed by atoms with E-state index in [0.29, 0.717) is 6.61 Å². The SMILES string of the molecule is CCNCC1(OCc2cccc(OC)c2)CCC(C)CC1. The molecule has 1 saturated carbocycles. The van der Waals surface area contributed by atoms with Crippen LogP contribution in [0.1, 0.15) is 45.1 Å². The lowest BCUT2D eigenvalue weighted by atomic mass is 9.79. The van der Waals surface area contributed by atoms with Crippen molar-refractivity contribution in [2.75, 3.05) is 20.2 Å². The van der Waals surface area contributed by atoms with Gasteiger partial charge in [0.2, 0.25) is 0 Å². The van der Waals surface area contributed by atoms with Crippen LogP contribution in [0.3, 0.4) is 0 Å². The highest BCUT2D eigenvalue weighted by Gasteiger charge is 2.34. The molecule has 1 aromatic carbocycles. The summed E-state index contributed by atoms with van der Waals surface area (Å²) >= 11 is 0. The van der Waals surface area contributed by atoms with E-state index >= 15 is 0 Å². The Balaban J connectivity index is 1.97. The third kappa shape index (κ3) is 4.72. The van der Waals surface area contributed by atoms with E-state index in [2.05, 4.69) is 31.3 Å². The number of nitrogens with one attached hydrogen (secondary N) is 1. The zero-order valence-electron chi connectivity index (χ0n) is 13.7. The predicted molar refractivity (Wildman–Crippen MR) is 86.7 cm³/mol. The average Bonchev–Trinajstić information content (AvgIpc) is 2.54. The molecule has 1 aliphatic carbocycles. The normalized spacial score (nSPS) is 25.8. The molecule has 0 saturated heterocycles. The third-order valence-electron chi connectivity index (χ3n) is 4.56. The number of ether oxygens (including phenoxy) is 2. The van der Waals surface area contributed by atoms with E-state index < -0.39 is 0 Å². The number of rotatable bonds is 7. The fourth-order valence-electron chi connectivity index (χ4n) is 3.01. The molecule has 3 nitrogen and oxygen atoms in total. The first-order valence-corrected chi connectivity index (χ1v) is 8.15. The predicted octanol–water partition coefficient (Wildman–Crippen LogP) is 3.77. The first-order valence-electron chi connectivity index (χ1n) is 8.15. The zero-order valence-corrected chi connectivity index (χ0v) is 13.7. The van der Waals surface area contributed by atoms with Crippen LogP contribution in [0.2, 0.25) is 0 Å². The van der Waals surface area contributed by atoms with E-state index in [1.54, 1.807) is 7.11 Å². The summed E-state index contributed by atoms with van der Waals surface area (Å²) in [6.07, 6.45) is 4.85. The van der Waals surface area contributed by atoms with Crippen molar-refractivity contribution in [3.63, 3.8) is 0 Å². The highest BCUT2D eigenvalue weighted by molar-refractivity contribution is 5.27. The van der Waals surface area contributed by atoms with E-state index in [1.165, 1.54) is 18.4 Å². The molecular weight excluding hydrogens is 262 g/mol. The fourth-order valence-corrected chi connectivity index (χ4v) is 3.01. The van der Waals surface area contributed by atoms with Gasteiger partial charge in [-0.25, -0.2) is 0 Å². The Morgan fingerprint density at radius 2 is 2.05 bits per heavy atom. The molecule has 1 fully saturated rings. The summed E-state index contributed by atoms with van der Waals surface area (Å²) in [5.41, 5.74) is 1.19. The second-order valence-electron chi connectivity index (χ2n) is 6.29. The van der Waals surface area contributed by atoms with Crippen LogP contribution in [-0.4, -0.2) is 25.8 Å². The summed E-state index contributed by atoms with van der Waals surface area (Å²) in [5, 5.41) is 3.48. The van der Waals surface area contributed by atoms with Crippen molar-refractivity contribution in [3.05, 3.63) is 29.8 Å². The first-order chi connectivity index (χ1) is 10.2. The first kappa shape index (κ1) is 16.3. The zero-order chi connectivity index (χ0) is 15.1. The van der Waals surface area contributed by atoms with Crippen LogP contribution in [-0.2, 0) is 11.3 Å². The maximum atomic E-state index is 6.39. The number of likely N-dealkylation sites (N-methyl/N-ethyl adjacent to an activating group) is 1. The molecule has 0 radical (unpaired) electrons. The fraction of sp³-hybridized carbons (Fsp3) is 0.667. The molecular formula is C18H29NO2. The molecule has 21 heavy (non-hydrogen) atoms. The largest absolute Gasteiger partial charge is 0.497 e. The third-order valence-corrected chi connectivity index (χ3v) is 4.56. The standard InChI is InChI=1S/C18H29NO2/c1-4-19-14-18(10-8-15(2)9-11-18)21-13-16-6-5-7-17(12-16)20-3/h5-7,12,15,19H,4,8-11,13-14H2,1-3H3. The number of methoxy groups -OCH3 is 1. The Kier molecular flexibility index (Phi) is 6.07. The Morgan fingerprint density at radius 3 is 2.71 bits per heavy atom. The molecule has 0 bridgehead atoms. The van der Waals surface area contributed by atoms with Crippen LogP contribution in [0.25, 0.3) is 0 Å². The quantitative estimate of drug-likeness (QED) is 0.829. The lowest BCUT2D eigenvalue weighted by molar-refractivity contribution is -0.0847. The van der Waals surface area contributed by atoms with Crippen LogP contribution in [0.5, 0.6) is 5.75 Å². The van der Waals surface area contributed by atoms with Gasteiger partial charge in [-0.1, -0.05) is 26.0 Å². The topological polar surface area (TPSA) is 30.5 Å². The van der Waals surface area contributed by atoms with Crippen molar-refractivity contribution in [1.29, 1.82) is 0 Å². The Bertz CT molecular complexity index is 419. The molecule has 2 rings (SSSR count). The molecule has 1 aliphatic rings. The molecule has 0 heterocycles. The molecule has 0 atom stereocenters. The van der Waals surface area contributed by atoms with Crippen molar-refractivity contribution >= 4 is 0 Å². The second kappa shape index (κ2) is 7.81. The molecule has 0 spiro atoms. The molecule has 0 aromatic heterocycles. The lowest BCUT2D eigenvalue weighted by Gasteiger charge is -2.39. The van der Waals surface area contributed by atoms with Gasteiger partial charge in [-0.3, -0.25) is 0 Å². The van der Waals surface area contributed by atoms with Crippen LogP contribution in [0, 0.1) is 5.92 Å². The van der Waals surface area contributed by atoms with E-state index in [1.807, 2.05) is 12.1 Å². The van der Waals surface area contributed by atoms with Crippen LogP contribution >= 0.6 is 0 Å². The minimum Gasteiger partial charge on any atom is -0.497 e. The summed E-state index contributed by atoms with van der Waals surface area (Å²) in [7, 11) is 1.70. The van der Waals surface area contributed by atoms with Gasteiger partial charge in [0.25, 0.3) is 0 Å². The van der Waals surface area contributed by atoms with Gasteiger partial charge >= 0.3 is 0 Å². The van der Waals surface area contributed by atoms with Gasteiger partial charge in [-0.15, -0.1) is 0 Å². The summed E-state index contributed by atoms with van der Waals surface area (Å²) in [4.78, 5) is 0. The van der Waals surface area contributed by atoms with Crippen molar-refractivity contribution < 1.29 is 9.47 Å². The smallest absolute Gasteiger partial charge is 0.119 e. The van der Waals surface area contributed by atoms with E-state index in [4.69, 9.17) is 9.47 Å². The highest BCUT2D eigenvalue weighted by Crippen LogP contribution is 2.35. The maximum absolute atomic E-state index is 6.39. The van der Waals surface area contributed by atoms with Crippen molar-refractivity contribution in [1.82, 2.24) is 5.32 Å². The minimum atomic E-state index is 0.00555. The Hall–Kier alpha value is -1.06. The van der Waals surface area contributed by atoms with Gasteiger partial charge in [0.05, 0.1) is 19.3 Å². The highest BCUT2D eigenvalue weighted by atomic mass is 16.5. The number of hydrogen-bond donors (Lipinski definition) is 1. The van der Waals surface area contributed by atoms with E-state index in [-0.39, 0.29) is 5.60 Å². The van der Waals surface area contributed by atoms with Gasteiger partial charge in [0, 0.05) is 6.54 Å². The summed E-state index contributed by atoms with van der Waals surface area (Å²) in [5.74, 6) is 1.73. The number of benzene rings is 1. The Morgan fingerprint density at radius 1 is 1.29 bits per heavy atom. The molecule has 0 unspecified atom stereocenters. The maximum Gasteiger partial charge on any atom is 0.119 e. The van der Waals surface area contributed by atoms with Gasteiger partial charge in [-0.2, -0.15) is 0 Å². The molecule has 0 amide bonds. The van der Waals surface area contributed by atoms with Crippen molar-refractivity contribution in [2.24, 2.45) is 5.92 Å². The lowest BCUT2D eigenvalue weighted by Crippen LogP contribution is -2.45. The van der Waals surface area contributed by atoms with Gasteiger partial charge in [0.15, 0.2) is 0 Å². The average molecular weight is 291 g/mol. The van der Waals surface area contributed by atoms with Gasteiger partial charge < -0.3 is 14.8 Å². The van der Waals surface area contributed by atoms with Crippen LogP contribution in [0.4, 0.5) is 0 Å². The molecule has 3 heteroatoms. The van der Waals surface area contributed by atoms with Gasteiger partial charge in [-0.05, 0) is 55.8 Å². The van der Waals surface area contributed by atoms with Crippen molar-refractivity contribution in [2.45, 2.75) is 51.7 Å². The molecule has 0 aliphatic heterocycles. The van der Waals surface area contributed by atoms with E-state index in [9.17, 15) is 0 Å². The monoisotopic (exact) mass is 291 g/mol. The van der Waals surface area contributed by atoms with Crippen LogP contribution in [0.15, 0.2) is 24.3 Å². The molecule has 1 aromatic rings. The minimum absolute atomic E-state index is 0.00555. The summed E-state index contributed by atoms with van der Waals surface area (Å²) in [6, 6.07) is 8.17. The molecule has 118 valence electrons. The number of hydrogen-bond acceptors (Lipinski definition) is 3. The second-order valence-corrected chi connectivity index (χ2v) is 6.29. The summed E-state index contributed by atoms with van der Waals surface area (Å²) in [6.45, 7) is 7.12. The van der Waals surface area contributed by atoms with Crippen LogP contribution < -0.4 is 10.1 Å². The van der Waals surface area contributed by atoms with Crippen molar-refractivity contribution in [3.8, 4) is 5.75 Å². The van der Waals surface area contributed by atoms with E-state index in [0.717, 1.165) is 37.6 Å². The molecule has 1 N–H and O–H groups in total. The Labute approximate surface area is 129 Å². The summed E-state index contributed by atoms with van der Waals surface area (Å²) < 4.78 is 11.7. The van der Waals surface area contributed by atoms with Gasteiger partial charge in [0.1, 0.15) is 5.75 Å².